The number of benzene rings is 1. The molecular formula is C14H21N3O2. The predicted octanol–water partition coefficient (Wildman–Crippen LogP) is 2.10. The Kier molecular flexibility index (Phi) is 4.39. The standard InChI is InChI=1S/C14H21N3O2/c1-4-17-13-6-5-10(19-3)9-12(13)16-14(17)11(15)7-8-18-2/h5-6,9,11H,4,7-8,15H2,1-3H3. The van der Waals surface area contributed by atoms with Crippen LogP contribution in [0, 0.1) is 0 Å². The Morgan fingerprint density at radius 3 is 2.79 bits per heavy atom. The second-order valence-corrected chi connectivity index (χ2v) is 4.46. The largest absolute Gasteiger partial charge is 0.497 e. The first-order chi connectivity index (χ1) is 9.21. The van der Waals surface area contributed by atoms with E-state index in [-0.39, 0.29) is 6.04 Å². The number of hydrogen-bond acceptors (Lipinski definition) is 4. The molecule has 5 heteroatoms. The van der Waals surface area contributed by atoms with Crippen molar-refractivity contribution < 1.29 is 9.47 Å². The van der Waals surface area contributed by atoms with Gasteiger partial charge in [0.2, 0.25) is 0 Å². The lowest BCUT2D eigenvalue weighted by Gasteiger charge is -2.12. The Balaban J connectivity index is 2.42. The summed E-state index contributed by atoms with van der Waals surface area (Å²) in [5, 5.41) is 0. The molecule has 1 heterocycles. The number of aromatic nitrogens is 2. The molecule has 0 aliphatic carbocycles. The molecule has 0 aliphatic rings. The topological polar surface area (TPSA) is 62.3 Å². The van der Waals surface area contributed by atoms with Gasteiger partial charge >= 0.3 is 0 Å². The first-order valence-electron chi connectivity index (χ1n) is 6.50. The SMILES string of the molecule is CCn1c(C(N)CCOC)nc2cc(OC)ccc21. The van der Waals surface area contributed by atoms with Crippen molar-refractivity contribution in [3.63, 3.8) is 0 Å². The van der Waals surface area contributed by atoms with E-state index < -0.39 is 0 Å². The number of imidazole rings is 1. The maximum absolute atomic E-state index is 6.20. The summed E-state index contributed by atoms with van der Waals surface area (Å²) in [4.78, 5) is 4.65. The number of rotatable bonds is 6. The molecule has 2 rings (SSSR count). The van der Waals surface area contributed by atoms with Crippen LogP contribution >= 0.6 is 0 Å². The van der Waals surface area contributed by atoms with Gasteiger partial charge in [-0.1, -0.05) is 0 Å². The predicted molar refractivity (Wildman–Crippen MR) is 75.4 cm³/mol. The van der Waals surface area contributed by atoms with E-state index in [0.717, 1.165) is 35.6 Å². The van der Waals surface area contributed by atoms with Gasteiger partial charge in [0.05, 0.1) is 24.2 Å². The van der Waals surface area contributed by atoms with Gasteiger partial charge in [-0.15, -0.1) is 0 Å². The van der Waals surface area contributed by atoms with Gasteiger partial charge in [-0.2, -0.15) is 0 Å². The molecule has 2 N–H and O–H groups in total. The van der Waals surface area contributed by atoms with Crippen LogP contribution < -0.4 is 10.5 Å². The van der Waals surface area contributed by atoms with Crippen molar-refractivity contribution in [1.29, 1.82) is 0 Å². The molecule has 0 radical (unpaired) electrons. The van der Waals surface area contributed by atoms with Crippen LogP contribution in [0.5, 0.6) is 5.75 Å². The van der Waals surface area contributed by atoms with Crippen molar-refractivity contribution in [2.24, 2.45) is 5.73 Å². The Hall–Kier alpha value is -1.59. The third-order valence-electron chi connectivity index (χ3n) is 3.27. The maximum Gasteiger partial charge on any atom is 0.126 e. The quantitative estimate of drug-likeness (QED) is 0.867. The van der Waals surface area contributed by atoms with Crippen LogP contribution in [-0.2, 0) is 11.3 Å². The second kappa shape index (κ2) is 6.04. The number of fused-ring (bicyclic) bond motifs is 1. The van der Waals surface area contributed by atoms with Crippen molar-refractivity contribution in [3.8, 4) is 5.75 Å². The summed E-state index contributed by atoms with van der Waals surface area (Å²) >= 11 is 0. The minimum Gasteiger partial charge on any atom is -0.497 e. The highest BCUT2D eigenvalue weighted by Crippen LogP contribution is 2.25. The molecule has 0 aliphatic heterocycles. The zero-order valence-corrected chi connectivity index (χ0v) is 11.7. The van der Waals surface area contributed by atoms with Crippen LogP contribution in [-0.4, -0.2) is 30.4 Å². The van der Waals surface area contributed by atoms with Crippen molar-refractivity contribution in [2.75, 3.05) is 20.8 Å². The third kappa shape index (κ3) is 2.72. The number of methoxy groups -OCH3 is 2. The lowest BCUT2D eigenvalue weighted by atomic mass is 10.2. The van der Waals surface area contributed by atoms with E-state index in [1.807, 2.05) is 18.2 Å². The summed E-state index contributed by atoms with van der Waals surface area (Å²) in [6.07, 6.45) is 0.761. The Morgan fingerprint density at radius 2 is 2.16 bits per heavy atom. The van der Waals surface area contributed by atoms with E-state index in [1.165, 1.54) is 0 Å². The molecule has 1 atom stereocenters. The Bertz CT molecular complexity index is 551. The molecule has 1 aromatic carbocycles. The van der Waals surface area contributed by atoms with Crippen LogP contribution in [0.3, 0.4) is 0 Å². The minimum atomic E-state index is -0.113. The van der Waals surface area contributed by atoms with Gasteiger partial charge in [-0.25, -0.2) is 4.98 Å². The summed E-state index contributed by atoms with van der Waals surface area (Å²) in [5.74, 6) is 1.72. The van der Waals surface area contributed by atoms with Crippen LogP contribution in [0.25, 0.3) is 11.0 Å². The van der Waals surface area contributed by atoms with Gasteiger partial charge in [0.15, 0.2) is 0 Å². The molecule has 1 aromatic heterocycles. The average molecular weight is 263 g/mol. The fourth-order valence-corrected chi connectivity index (χ4v) is 2.24. The summed E-state index contributed by atoms with van der Waals surface area (Å²) < 4.78 is 12.5. The maximum atomic E-state index is 6.20. The molecule has 5 nitrogen and oxygen atoms in total. The van der Waals surface area contributed by atoms with Crippen molar-refractivity contribution in [1.82, 2.24) is 9.55 Å². The van der Waals surface area contributed by atoms with Crippen LogP contribution in [0.4, 0.5) is 0 Å². The van der Waals surface area contributed by atoms with Crippen molar-refractivity contribution in [3.05, 3.63) is 24.0 Å². The molecule has 19 heavy (non-hydrogen) atoms. The van der Waals surface area contributed by atoms with Gasteiger partial charge < -0.3 is 19.8 Å². The van der Waals surface area contributed by atoms with E-state index in [1.54, 1.807) is 14.2 Å². The highest BCUT2D eigenvalue weighted by Gasteiger charge is 2.16. The summed E-state index contributed by atoms with van der Waals surface area (Å²) in [7, 11) is 3.34. The zero-order valence-electron chi connectivity index (χ0n) is 11.7. The molecule has 0 spiro atoms. The summed E-state index contributed by atoms with van der Waals surface area (Å²) in [6, 6.07) is 5.80. The van der Waals surface area contributed by atoms with E-state index in [9.17, 15) is 0 Å². The highest BCUT2D eigenvalue weighted by molar-refractivity contribution is 5.78. The van der Waals surface area contributed by atoms with Crippen LogP contribution in [0.2, 0.25) is 0 Å². The Morgan fingerprint density at radius 1 is 1.37 bits per heavy atom. The molecule has 104 valence electrons. The third-order valence-corrected chi connectivity index (χ3v) is 3.27. The molecule has 0 fully saturated rings. The summed E-state index contributed by atoms with van der Waals surface area (Å²) in [6.45, 7) is 3.58. The van der Waals surface area contributed by atoms with Gasteiger partial charge in [-0.3, -0.25) is 0 Å². The number of hydrogen-bond donors (Lipinski definition) is 1. The normalized spacial score (nSPS) is 12.8. The summed E-state index contributed by atoms with van der Waals surface area (Å²) in [5.41, 5.74) is 8.21. The van der Waals surface area contributed by atoms with E-state index in [2.05, 4.69) is 16.5 Å². The zero-order chi connectivity index (χ0) is 13.8. The molecular weight excluding hydrogens is 242 g/mol. The van der Waals surface area contributed by atoms with Gasteiger partial charge in [0, 0.05) is 26.3 Å². The fourth-order valence-electron chi connectivity index (χ4n) is 2.24. The molecule has 1 unspecified atom stereocenters. The highest BCUT2D eigenvalue weighted by atomic mass is 16.5. The van der Waals surface area contributed by atoms with Gasteiger partial charge in [-0.05, 0) is 25.5 Å². The monoisotopic (exact) mass is 263 g/mol. The molecule has 0 amide bonds. The van der Waals surface area contributed by atoms with E-state index >= 15 is 0 Å². The molecule has 0 saturated heterocycles. The number of nitrogens with two attached hydrogens (primary N) is 1. The number of nitrogens with zero attached hydrogens (tertiary/aromatic N) is 2. The molecule has 2 aromatic rings. The fraction of sp³-hybridized carbons (Fsp3) is 0.500. The van der Waals surface area contributed by atoms with Crippen molar-refractivity contribution >= 4 is 11.0 Å². The molecule has 0 bridgehead atoms. The first kappa shape index (κ1) is 13.8. The Labute approximate surface area is 113 Å². The van der Waals surface area contributed by atoms with Crippen LogP contribution in [0.1, 0.15) is 25.2 Å². The van der Waals surface area contributed by atoms with E-state index in [0.29, 0.717) is 6.61 Å². The minimum absolute atomic E-state index is 0.113. The average Bonchev–Trinajstić information content (AvgIpc) is 2.81. The second-order valence-electron chi connectivity index (χ2n) is 4.46. The number of aryl methyl sites for hydroxylation is 1. The smallest absolute Gasteiger partial charge is 0.126 e. The van der Waals surface area contributed by atoms with Crippen LogP contribution in [0.15, 0.2) is 18.2 Å². The van der Waals surface area contributed by atoms with E-state index in [4.69, 9.17) is 15.2 Å². The number of ether oxygens (including phenoxy) is 2. The first-order valence-corrected chi connectivity index (χ1v) is 6.50. The van der Waals surface area contributed by atoms with Gasteiger partial charge in [0.1, 0.15) is 11.6 Å². The lowest BCUT2D eigenvalue weighted by molar-refractivity contribution is 0.186. The van der Waals surface area contributed by atoms with Gasteiger partial charge in [0.25, 0.3) is 0 Å². The lowest BCUT2D eigenvalue weighted by Crippen LogP contribution is -2.18. The van der Waals surface area contributed by atoms with Crippen molar-refractivity contribution in [2.45, 2.75) is 25.9 Å². The molecule has 0 saturated carbocycles.